The van der Waals surface area contributed by atoms with Crippen LogP contribution in [0.2, 0.25) is 0 Å². The molecular formula is C47H44IN3O8. The number of allylic oxidation sites excluding steroid dienone is 2. The maximum Gasteiger partial charge on any atom is 0.329 e. The van der Waals surface area contributed by atoms with Crippen molar-refractivity contribution in [3.8, 4) is 0 Å². The van der Waals surface area contributed by atoms with E-state index < -0.39 is 71.4 Å². The van der Waals surface area contributed by atoms with E-state index >= 15 is 4.79 Å². The van der Waals surface area contributed by atoms with Crippen LogP contribution in [0, 0.1) is 15.4 Å². The quantitative estimate of drug-likeness (QED) is 0.0907. The maximum absolute atomic E-state index is 16.1. The molecule has 12 heteroatoms. The highest BCUT2D eigenvalue weighted by atomic mass is 127. The second kappa shape index (κ2) is 17.0. The number of amides is 3. The van der Waals surface area contributed by atoms with Crippen molar-refractivity contribution in [1.29, 1.82) is 0 Å². The Hall–Kier alpha value is -5.57. The van der Waals surface area contributed by atoms with Crippen LogP contribution in [0.4, 0.5) is 10.5 Å². The summed E-state index contributed by atoms with van der Waals surface area (Å²) in [6, 6.07) is 29.8. The molecule has 0 radical (unpaired) electrons. The number of esters is 2. The minimum atomic E-state index is -1.85. The van der Waals surface area contributed by atoms with Crippen molar-refractivity contribution in [2.75, 3.05) is 24.7 Å². The number of nitrogens with one attached hydrogen (secondary N) is 1. The van der Waals surface area contributed by atoms with Gasteiger partial charge in [-0.25, -0.2) is 9.69 Å². The summed E-state index contributed by atoms with van der Waals surface area (Å²) >= 11 is 2.17. The molecule has 3 aliphatic heterocycles. The van der Waals surface area contributed by atoms with Crippen LogP contribution in [0.15, 0.2) is 146 Å². The Morgan fingerprint density at radius 2 is 1.66 bits per heavy atom. The Balaban J connectivity index is 1.38. The molecule has 4 aliphatic rings. The Morgan fingerprint density at radius 1 is 0.983 bits per heavy atom. The number of cyclic esters (lactones) is 1. The lowest BCUT2D eigenvalue weighted by Gasteiger charge is -2.48. The number of rotatable bonds is 11. The van der Waals surface area contributed by atoms with Crippen LogP contribution in [0.1, 0.15) is 53.8 Å². The molecule has 1 spiro atoms. The van der Waals surface area contributed by atoms with E-state index in [0.717, 1.165) is 25.2 Å². The zero-order valence-electron chi connectivity index (χ0n) is 32.4. The molecule has 0 aromatic heterocycles. The molecule has 2 saturated heterocycles. The molecule has 8 rings (SSSR count). The molecule has 2 fully saturated rings. The van der Waals surface area contributed by atoms with Crippen LogP contribution in [0.25, 0.3) is 0 Å². The summed E-state index contributed by atoms with van der Waals surface area (Å²) in [5.41, 5.74) is 1.28. The normalized spacial score (nSPS) is 26.4. The average Bonchev–Trinajstić information content (AvgIpc) is 3.72. The van der Waals surface area contributed by atoms with Gasteiger partial charge in [0.2, 0.25) is 5.91 Å². The maximum atomic E-state index is 16.1. The van der Waals surface area contributed by atoms with E-state index in [1.807, 2.05) is 127 Å². The van der Waals surface area contributed by atoms with Crippen LogP contribution in [-0.2, 0) is 34.0 Å². The highest BCUT2D eigenvalue weighted by Gasteiger charge is 2.76. The van der Waals surface area contributed by atoms with Gasteiger partial charge in [-0.15, -0.1) is 0 Å². The first-order valence-electron chi connectivity index (χ1n) is 19.7. The zero-order valence-corrected chi connectivity index (χ0v) is 34.5. The van der Waals surface area contributed by atoms with Gasteiger partial charge in [-0.2, -0.15) is 0 Å². The molecule has 1 unspecified atom stereocenters. The van der Waals surface area contributed by atoms with Gasteiger partial charge in [0.05, 0.1) is 24.4 Å². The van der Waals surface area contributed by atoms with Gasteiger partial charge in [-0.3, -0.25) is 19.3 Å². The summed E-state index contributed by atoms with van der Waals surface area (Å²) in [5, 5.41) is 12.5. The number of hydrogen-bond acceptors (Lipinski definition) is 9. The summed E-state index contributed by atoms with van der Waals surface area (Å²) in [6.07, 6.45) is 6.57. The highest BCUT2D eigenvalue weighted by molar-refractivity contribution is 14.1. The van der Waals surface area contributed by atoms with E-state index in [4.69, 9.17) is 14.2 Å². The Labute approximate surface area is 356 Å². The number of ether oxygens (including phenoxy) is 3. The molecule has 302 valence electrons. The Morgan fingerprint density at radius 3 is 2.31 bits per heavy atom. The lowest BCUT2D eigenvalue weighted by Crippen LogP contribution is -2.58. The SMILES string of the molecule is C=CCOC(=O)[C@H]1[C@@H]2C(=O)O[C@@H](c3ccccc3)[C@@H](c3ccccc3)N2[C@@H](C2C=CC(OCCO)=CC2)[C@]12C(=O)N(C(=O)N[C@@H](C)c1ccccc1)c1ccc(I)cc12. The number of anilines is 1. The fourth-order valence-corrected chi connectivity index (χ4v) is 9.95. The molecule has 4 aromatic rings. The number of nitrogens with zero attached hydrogens (tertiary/aromatic N) is 2. The van der Waals surface area contributed by atoms with Crippen LogP contribution < -0.4 is 10.2 Å². The van der Waals surface area contributed by atoms with E-state index in [0.29, 0.717) is 23.4 Å². The van der Waals surface area contributed by atoms with E-state index in [2.05, 4.69) is 34.5 Å². The fraction of sp³-hybridized carbons (Fsp3) is 0.277. The zero-order chi connectivity index (χ0) is 41.3. The number of urea groups is 1. The van der Waals surface area contributed by atoms with Crippen molar-refractivity contribution >= 4 is 52.2 Å². The van der Waals surface area contributed by atoms with Crippen molar-refractivity contribution in [3.05, 3.63) is 172 Å². The largest absolute Gasteiger partial charge is 0.492 e. The van der Waals surface area contributed by atoms with E-state index in [1.54, 1.807) is 12.1 Å². The number of benzene rings is 4. The van der Waals surface area contributed by atoms with Crippen LogP contribution >= 0.6 is 22.6 Å². The van der Waals surface area contributed by atoms with Crippen molar-refractivity contribution in [3.63, 3.8) is 0 Å². The third-order valence-corrected chi connectivity index (χ3v) is 12.5. The molecule has 11 nitrogen and oxygen atoms in total. The number of aliphatic hydroxyl groups is 1. The molecular weight excluding hydrogens is 861 g/mol. The molecule has 4 aromatic carbocycles. The second-order valence-electron chi connectivity index (χ2n) is 15.0. The number of carbonyl (C=O) groups is 4. The molecule has 59 heavy (non-hydrogen) atoms. The first-order chi connectivity index (χ1) is 28.7. The minimum Gasteiger partial charge on any atom is -0.492 e. The monoisotopic (exact) mass is 905 g/mol. The third kappa shape index (κ3) is 7.06. The predicted molar refractivity (Wildman–Crippen MR) is 229 cm³/mol. The van der Waals surface area contributed by atoms with Gasteiger partial charge in [0.15, 0.2) is 0 Å². The van der Waals surface area contributed by atoms with Gasteiger partial charge in [0.25, 0.3) is 0 Å². The molecule has 0 saturated carbocycles. The third-order valence-electron chi connectivity index (χ3n) is 11.8. The average molecular weight is 906 g/mol. The van der Waals surface area contributed by atoms with Gasteiger partial charge in [0.1, 0.15) is 42.5 Å². The minimum absolute atomic E-state index is 0.0933. The van der Waals surface area contributed by atoms with Crippen molar-refractivity contribution in [2.45, 2.75) is 49.0 Å². The number of halogens is 1. The molecule has 3 amide bonds. The van der Waals surface area contributed by atoms with Crippen molar-refractivity contribution in [1.82, 2.24) is 10.2 Å². The van der Waals surface area contributed by atoms with Gasteiger partial charge < -0.3 is 24.6 Å². The molecule has 3 heterocycles. The van der Waals surface area contributed by atoms with Crippen molar-refractivity contribution < 1.29 is 38.5 Å². The molecule has 0 bridgehead atoms. The van der Waals surface area contributed by atoms with Gasteiger partial charge in [0, 0.05) is 9.61 Å². The molecule has 8 atom stereocenters. The number of hydrogen-bond donors (Lipinski definition) is 2. The molecule has 1 aliphatic carbocycles. The number of aliphatic hydroxyl groups excluding tert-OH is 1. The van der Waals surface area contributed by atoms with E-state index in [-0.39, 0.29) is 19.8 Å². The summed E-state index contributed by atoms with van der Waals surface area (Å²) < 4.78 is 18.9. The van der Waals surface area contributed by atoms with Gasteiger partial charge >= 0.3 is 18.0 Å². The van der Waals surface area contributed by atoms with Crippen LogP contribution in [-0.4, -0.2) is 65.8 Å². The first kappa shape index (κ1) is 40.2. The Bertz CT molecular complexity index is 2300. The van der Waals surface area contributed by atoms with E-state index in [1.165, 1.54) is 6.08 Å². The summed E-state index contributed by atoms with van der Waals surface area (Å²) in [7, 11) is 0. The second-order valence-corrected chi connectivity index (χ2v) is 16.3. The van der Waals surface area contributed by atoms with E-state index in [9.17, 15) is 19.5 Å². The van der Waals surface area contributed by atoms with Crippen LogP contribution in [0.5, 0.6) is 0 Å². The smallest absolute Gasteiger partial charge is 0.329 e. The predicted octanol–water partition coefficient (Wildman–Crippen LogP) is 7.25. The fourth-order valence-electron chi connectivity index (χ4n) is 9.46. The molecule has 2 N–H and O–H groups in total. The standard InChI is InChI=1S/C47H44IN3O8/c1-3-26-58-43(53)38-40-44(54)59-41(32-17-11-6-12-18-32)39(31-15-9-5-10-16-31)51(40)42(33-19-22-35(23-20-33)57-27-25-52)47(38)36-28-34(48)21-24-37(36)50(45(47)55)46(56)49-29(2)30-13-7-4-8-14-30/h3-19,21-24,28-29,33,38-42,52H,1,20,25-27H2,2H3,(H,49,56)/t29-,33?,38+,39+,40+,41-,42-,47+/m0/s1. The van der Waals surface area contributed by atoms with Gasteiger partial charge in [-0.1, -0.05) is 110 Å². The van der Waals surface area contributed by atoms with Crippen LogP contribution in [0.3, 0.4) is 0 Å². The van der Waals surface area contributed by atoms with Gasteiger partial charge in [-0.05, 0) is 94.5 Å². The highest BCUT2D eigenvalue weighted by Crippen LogP contribution is 2.63. The summed E-state index contributed by atoms with van der Waals surface area (Å²) in [5.74, 6) is -3.54. The summed E-state index contributed by atoms with van der Waals surface area (Å²) in [6.45, 7) is 5.35. The number of fused-ring (bicyclic) bond motifs is 3. The number of imide groups is 1. The lowest BCUT2D eigenvalue weighted by atomic mass is 9.63. The lowest BCUT2D eigenvalue weighted by molar-refractivity contribution is -0.181. The number of morpholine rings is 1. The summed E-state index contributed by atoms with van der Waals surface area (Å²) in [4.78, 5) is 63.9. The first-order valence-corrected chi connectivity index (χ1v) is 20.8. The number of carbonyl (C=O) groups excluding carboxylic acids is 4. The Kier molecular flexibility index (Phi) is 11.6. The topological polar surface area (TPSA) is 135 Å². The van der Waals surface area contributed by atoms with Crippen molar-refractivity contribution in [2.24, 2.45) is 11.8 Å².